The first-order chi connectivity index (χ1) is 16.0. The van der Waals surface area contributed by atoms with Gasteiger partial charge < -0.3 is 10.1 Å². The van der Waals surface area contributed by atoms with E-state index in [2.05, 4.69) is 48.6 Å². The Bertz CT molecular complexity index is 1110. The first-order valence-electron chi connectivity index (χ1n) is 11.6. The number of esters is 1. The van der Waals surface area contributed by atoms with Crippen molar-refractivity contribution in [3.05, 3.63) is 81.0 Å². The number of thiophene rings is 1. The number of nitrogens with one attached hydrogen (secondary N) is 1. The number of hydrogen-bond donors (Lipinski definition) is 1. The molecular formula is C28H31NO3S. The van der Waals surface area contributed by atoms with E-state index >= 15 is 0 Å². The summed E-state index contributed by atoms with van der Waals surface area (Å²) in [7, 11) is 1.44. The molecule has 3 aromatic rings. The number of rotatable bonds is 6. The maximum Gasteiger partial charge on any atom is 0.308 e. The Morgan fingerprint density at radius 3 is 2.18 bits per heavy atom. The molecule has 1 aliphatic carbocycles. The van der Waals surface area contributed by atoms with Gasteiger partial charge in [0.1, 0.15) is 0 Å². The summed E-state index contributed by atoms with van der Waals surface area (Å²) in [6, 6.07) is 19.1. The van der Waals surface area contributed by atoms with Gasteiger partial charge in [0, 0.05) is 15.8 Å². The number of benzene rings is 2. The number of carbonyl (C=O) groups is 2. The summed E-state index contributed by atoms with van der Waals surface area (Å²) in [5.41, 5.74) is 5.53. The third-order valence-electron chi connectivity index (χ3n) is 6.65. The first-order valence-corrected chi connectivity index (χ1v) is 12.4. The number of aryl methyl sites for hydroxylation is 2. The SMILES string of the molecule is COC(=O)C1CCC(NC(=O)c2c(C)sc(C)c2Cc2ccc(-c3ccccc3)cc2)CC1. The van der Waals surface area contributed by atoms with Crippen LogP contribution in [-0.4, -0.2) is 25.0 Å². The van der Waals surface area contributed by atoms with Gasteiger partial charge in [-0.15, -0.1) is 11.3 Å². The molecule has 1 N–H and O–H groups in total. The Labute approximate surface area is 200 Å². The van der Waals surface area contributed by atoms with Gasteiger partial charge in [-0.2, -0.15) is 0 Å². The summed E-state index contributed by atoms with van der Waals surface area (Å²) in [6.07, 6.45) is 3.89. The number of carbonyl (C=O) groups excluding carboxylic acids is 2. The normalized spacial score (nSPS) is 18.0. The van der Waals surface area contributed by atoms with Crippen LogP contribution in [0.1, 0.15) is 56.9 Å². The Morgan fingerprint density at radius 2 is 1.55 bits per heavy atom. The van der Waals surface area contributed by atoms with Crippen LogP contribution in [0, 0.1) is 19.8 Å². The van der Waals surface area contributed by atoms with Crippen molar-refractivity contribution in [2.75, 3.05) is 7.11 Å². The highest BCUT2D eigenvalue weighted by molar-refractivity contribution is 7.12. The van der Waals surface area contributed by atoms with Crippen molar-refractivity contribution in [2.45, 2.75) is 52.0 Å². The van der Waals surface area contributed by atoms with Crippen LogP contribution in [0.4, 0.5) is 0 Å². The lowest BCUT2D eigenvalue weighted by molar-refractivity contribution is -0.146. The van der Waals surface area contributed by atoms with Gasteiger partial charge >= 0.3 is 5.97 Å². The summed E-state index contributed by atoms with van der Waals surface area (Å²) in [4.78, 5) is 27.3. The molecule has 0 saturated heterocycles. The molecule has 0 bridgehead atoms. The van der Waals surface area contributed by atoms with Gasteiger partial charge in [0.15, 0.2) is 0 Å². The Morgan fingerprint density at radius 1 is 0.909 bits per heavy atom. The lowest BCUT2D eigenvalue weighted by Crippen LogP contribution is -2.39. The van der Waals surface area contributed by atoms with Gasteiger partial charge in [0.05, 0.1) is 18.6 Å². The second kappa shape index (κ2) is 10.3. The molecule has 1 aliphatic rings. The second-order valence-corrected chi connectivity index (χ2v) is 10.3. The van der Waals surface area contributed by atoms with Gasteiger partial charge in [-0.3, -0.25) is 9.59 Å². The fourth-order valence-electron chi connectivity index (χ4n) is 4.79. The van der Waals surface area contributed by atoms with E-state index in [1.807, 2.05) is 25.1 Å². The average molecular weight is 462 g/mol. The van der Waals surface area contributed by atoms with E-state index in [9.17, 15) is 9.59 Å². The standard InChI is InChI=1S/C28H31NO3S/c1-18-25(17-20-9-11-22(12-10-20)21-7-5-4-6-8-21)26(19(2)33-18)27(30)29-24-15-13-23(14-16-24)28(31)32-3/h4-12,23-24H,13-17H2,1-3H3,(H,29,30). The van der Waals surface area contributed by atoms with Crippen molar-refractivity contribution in [3.8, 4) is 11.1 Å². The fourth-order valence-corrected chi connectivity index (χ4v) is 5.86. The summed E-state index contributed by atoms with van der Waals surface area (Å²) >= 11 is 1.69. The minimum atomic E-state index is -0.135. The summed E-state index contributed by atoms with van der Waals surface area (Å²) in [5.74, 6) is -0.165. The van der Waals surface area contributed by atoms with E-state index in [-0.39, 0.29) is 23.8 Å². The molecule has 4 rings (SSSR count). The van der Waals surface area contributed by atoms with Crippen LogP contribution in [0.15, 0.2) is 54.6 Å². The van der Waals surface area contributed by atoms with Crippen LogP contribution in [0.5, 0.6) is 0 Å². The van der Waals surface area contributed by atoms with Crippen molar-refractivity contribution < 1.29 is 14.3 Å². The topological polar surface area (TPSA) is 55.4 Å². The van der Waals surface area contributed by atoms with E-state index in [1.165, 1.54) is 28.7 Å². The molecule has 1 amide bonds. The molecule has 4 nitrogen and oxygen atoms in total. The number of hydrogen-bond acceptors (Lipinski definition) is 4. The molecule has 1 aromatic heterocycles. The van der Waals surface area contributed by atoms with Crippen LogP contribution in [0.3, 0.4) is 0 Å². The Hall–Kier alpha value is -2.92. The third-order valence-corrected chi connectivity index (χ3v) is 7.71. The number of ether oxygens (including phenoxy) is 1. The van der Waals surface area contributed by atoms with Crippen LogP contribution in [0.2, 0.25) is 0 Å². The van der Waals surface area contributed by atoms with Crippen molar-refractivity contribution in [2.24, 2.45) is 5.92 Å². The molecule has 5 heteroatoms. The molecule has 0 aliphatic heterocycles. The van der Waals surface area contributed by atoms with Crippen LogP contribution in [0.25, 0.3) is 11.1 Å². The van der Waals surface area contributed by atoms with E-state index in [0.29, 0.717) is 0 Å². The molecule has 1 fully saturated rings. The highest BCUT2D eigenvalue weighted by Crippen LogP contribution is 2.31. The number of methoxy groups -OCH3 is 1. The first kappa shape index (κ1) is 23.2. The molecule has 0 radical (unpaired) electrons. The van der Waals surface area contributed by atoms with Crippen LogP contribution in [-0.2, 0) is 16.0 Å². The molecule has 1 heterocycles. The predicted molar refractivity (Wildman–Crippen MR) is 134 cm³/mol. The van der Waals surface area contributed by atoms with Gasteiger partial charge in [-0.1, -0.05) is 54.6 Å². The molecule has 0 unspecified atom stereocenters. The monoisotopic (exact) mass is 461 g/mol. The van der Waals surface area contributed by atoms with Crippen molar-refractivity contribution in [3.63, 3.8) is 0 Å². The fraction of sp³-hybridized carbons (Fsp3) is 0.357. The summed E-state index contributed by atoms with van der Waals surface area (Å²) in [5, 5.41) is 3.24. The third kappa shape index (κ3) is 5.36. The van der Waals surface area contributed by atoms with E-state index in [1.54, 1.807) is 11.3 Å². The van der Waals surface area contributed by atoms with Crippen LogP contribution < -0.4 is 5.32 Å². The predicted octanol–water partition coefficient (Wildman–Crippen LogP) is 6.08. The van der Waals surface area contributed by atoms with Crippen molar-refractivity contribution >= 4 is 23.2 Å². The van der Waals surface area contributed by atoms with Crippen molar-refractivity contribution in [1.82, 2.24) is 5.32 Å². The highest BCUT2D eigenvalue weighted by atomic mass is 32.1. The van der Waals surface area contributed by atoms with E-state index in [4.69, 9.17) is 4.74 Å². The van der Waals surface area contributed by atoms with E-state index in [0.717, 1.165) is 48.1 Å². The van der Waals surface area contributed by atoms with E-state index < -0.39 is 0 Å². The molecule has 2 aromatic carbocycles. The summed E-state index contributed by atoms with van der Waals surface area (Å²) < 4.78 is 4.87. The minimum Gasteiger partial charge on any atom is -0.469 e. The molecule has 0 spiro atoms. The van der Waals surface area contributed by atoms with Crippen molar-refractivity contribution in [1.29, 1.82) is 0 Å². The highest BCUT2D eigenvalue weighted by Gasteiger charge is 2.29. The quantitative estimate of drug-likeness (QED) is 0.452. The molecule has 1 saturated carbocycles. The average Bonchev–Trinajstić information content (AvgIpc) is 3.12. The zero-order valence-electron chi connectivity index (χ0n) is 19.5. The lowest BCUT2D eigenvalue weighted by Gasteiger charge is -2.27. The zero-order valence-corrected chi connectivity index (χ0v) is 20.3. The maximum absolute atomic E-state index is 13.3. The van der Waals surface area contributed by atoms with Gasteiger partial charge in [-0.25, -0.2) is 0 Å². The molecule has 0 atom stereocenters. The Kier molecular flexibility index (Phi) is 7.29. The maximum atomic E-state index is 13.3. The molecule has 172 valence electrons. The van der Waals surface area contributed by atoms with Gasteiger partial charge in [0.25, 0.3) is 5.91 Å². The Balaban J connectivity index is 1.45. The lowest BCUT2D eigenvalue weighted by atomic mass is 9.86. The van der Waals surface area contributed by atoms with Gasteiger partial charge in [-0.05, 0) is 68.2 Å². The summed E-state index contributed by atoms with van der Waals surface area (Å²) in [6.45, 7) is 4.13. The molecule has 33 heavy (non-hydrogen) atoms. The van der Waals surface area contributed by atoms with Crippen LogP contribution >= 0.6 is 11.3 Å². The molecular weight excluding hydrogens is 430 g/mol. The number of amides is 1. The zero-order chi connectivity index (χ0) is 23.4. The second-order valence-electron chi connectivity index (χ2n) is 8.85. The largest absolute Gasteiger partial charge is 0.469 e. The van der Waals surface area contributed by atoms with Gasteiger partial charge in [0.2, 0.25) is 0 Å². The smallest absolute Gasteiger partial charge is 0.308 e. The minimum absolute atomic E-state index is 0.00859.